The number of carbonyl (C=O) groups excluding carboxylic acids is 2. The van der Waals surface area contributed by atoms with Crippen LogP contribution in [0.15, 0.2) is 12.4 Å². The Morgan fingerprint density at radius 3 is 2.70 bits per heavy atom. The van der Waals surface area contributed by atoms with Crippen molar-refractivity contribution in [2.75, 3.05) is 18.8 Å². The minimum atomic E-state index is -0.756. The lowest BCUT2D eigenvalue weighted by molar-refractivity contribution is -0.160. The van der Waals surface area contributed by atoms with Gasteiger partial charge < -0.3 is 15.4 Å². The first-order chi connectivity index (χ1) is 9.56. The topological polar surface area (TPSA) is 90.5 Å². The summed E-state index contributed by atoms with van der Waals surface area (Å²) >= 11 is 0. The highest BCUT2D eigenvalue weighted by atomic mass is 16.5. The molecular weight excluding hydrogens is 260 g/mol. The highest BCUT2D eigenvalue weighted by molar-refractivity contribution is 5.83. The zero-order chi connectivity index (χ0) is 14.5. The zero-order valence-electron chi connectivity index (χ0n) is 11.6. The van der Waals surface area contributed by atoms with Gasteiger partial charge in [-0.15, -0.1) is 0 Å². The average Bonchev–Trinajstić information content (AvgIpc) is 2.84. The third kappa shape index (κ3) is 3.72. The number of nitrogens with zero attached hydrogens (tertiary/aromatic N) is 3. The van der Waals surface area contributed by atoms with Crippen molar-refractivity contribution in [1.82, 2.24) is 14.7 Å². The van der Waals surface area contributed by atoms with Gasteiger partial charge in [0.15, 0.2) is 6.10 Å². The van der Waals surface area contributed by atoms with Crippen LogP contribution in [0.3, 0.4) is 0 Å². The molecule has 0 aromatic carbocycles. The molecule has 2 rings (SSSR count). The fourth-order valence-electron chi connectivity index (χ4n) is 2.25. The van der Waals surface area contributed by atoms with Gasteiger partial charge in [0.25, 0.3) is 5.91 Å². The number of rotatable bonds is 4. The molecule has 1 atom stereocenters. The van der Waals surface area contributed by atoms with Gasteiger partial charge in [-0.25, -0.2) is 0 Å². The van der Waals surface area contributed by atoms with E-state index in [0.29, 0.717) is 5.69 Å². The summed E-state index contributed by atoms with van der Waals surface area (Å²) in [5.74, 6) is -0.621. The number of likely N-dealkylation sites (tertiary alicyclic amines) is 1. The summed E-state index contributed by atoms with van der Waals surface area (Å²) in [6, 6.07) is 0. The van der Waals surface area contributed by atoms with Crippen LogP contribution in [-0.4, -0.2) is 45.8 Å². The fraction of sp³-hybridized carbons (Fsp3) is 0.615. The molecule has 7 nitrogen and oxygen atoms in total. The first-order valence-electron chi connectivity index (χ1n) is 6.82. The maximum atomic E-state index is 12.1. The quantitative estimate of drug-likeness (QED) is 0.807. The normalized spacial score (nSPS) is 16.8. The van der Waals surface area contributed by atoms with Crippen LogP contribution < -0.4 is 5.73 Å². The van der Waals surface area contributed by atoms with Gasteiger partial charge in [0.1, 0.15) is 6.54 Å². The number of nitrogen functional groups attached to an aromatic ring is 1. The van der Waals surface area contributed by atoms with Crippen LogP contribution in [0.25, 0.3) is 0 Å². The maximum Gasteiger partial charge on any atom is 0.328 e. The highest BCUT2D eigenvalue weighted by Crippen LogP contribution is 2.11. The van der Waals surface area contributed by atoms with Crippen LogP contribution in [0.4, 0.5) is 5.69 Å². The average molecular weight is 280 g/mol. The van der Waals surface area contributed by atoms with Crippen molar-refractivity contribution in [3.63, 3.8) is 0 Å². The number of amides is 1. The van der Waals surface area contributed by atoms with E-state index in [2.05, 4.69) is 5.10 Å². The number of piperidine rings is 1. The molecule has 1 fully saturated rings. The van der Waals surface area contributed by atoms with Crippen LogP contribution in [-0.2, 0) is 20.9 Å². The van der Waals surface area contributed by atoms with Crippen molar-refractivity contribution in [3.8, 4) is 0 Å². The van der Waals surface area contributed by atoms with Gasteiger partial charge in [0.05, 0.1) is 11.9 Å². The molecule has 1 aliphatic heterocycles. The molecular formula is C13H20N4O3. The number of hydrogen-bond acceptors (Lipinski definition) is 5. The summed E-state index contributed by atoms with van der Waals surface area (Å²) < 4.78 is 6.53. The fourth-order valence-corrected chi connectivity index (χ4v) is 2.25. The molecule has 1 aliphatic rings. The van der Waals surface area contributed by atoms with E-state index in [0.717, 1.165) is 32.4 Å². The van der Waals surface area contributed by atoms with E-state index < -0.39 is 12.1 Å². The van der Waals surface area contributed by atoms with Gasteiger partial charge in [-0.3, -0.25) is 14.3 Å². The summed E-state index contributed by atoms with van der Waals surface area (Å²) in [5.41, 5.74) is 5.99. The van der Waals surface area contributed by atoms with Crippen LogP contribution >= 0.6 is 0 Å². The van der Waals surface area contributed by atoms with Crippen LogP contribution in [0, 0.1) is 0 Å². The molecule has 1 aromatic rings. The Balaban J connectivity index is 1.82. The second kappa shape index (κ2) is 6.40. The van der Waals surface area contributed by atoms with Gasteiger partial charge in [-0.1, -0.05) is 0 Å². The Bertz CT molecular complexity index is 480. The molecule has 1 saturated heterocycles. The molecule has 0 aliphatic carbocycles. The maximum absolute atomic E-state index is 12.1. The van der Waals surface area contributed by atoms with Gasteiger partial charge in [-0.2, -0.15) is 5.10 Å². The first kappa shape index (κ1) is 14.4. The van der Waals surface area contributed by atoms with Gasteiger partial charge in [0, 0.05) is 19.3 Å². The summed E-state index contributed by atoms with van der Waals surface area (Å²) in [6.45, 7) is 3.05. The third-order valence-corrected chi connectivity index (χ3v) is 3.27. The highest BCUT2D eigenvalue weighted by Gasteiger charge is 2.25. The van der Waals surface area contributed by atoms with Crippen molar-refractivity contribution in [1.29, 1.82) is 0 Å². The molecule has 0 spiro atoms. The number of carbonyl (C=O) groups is 2. The molecule has 1 amide bonds. The Labute approximate surface area is 117 Å². The van der Waals surface area contributed by atoms with Crippen molar-refractivity contribution < 1.29 is 14.3 Å². The number of anilines is 1. The summed E-state index contributed by atoms with van der Waals surface area (Å²) in [7, 11) is 0. The minimum absolute atomic E-state index is 0.0468. The number of ether oxygens (including phenoxy) is 1. The Hall–Kier alpha value is -2.05. The third-order valence-electron chi connectivity index (χ3n) is 3.27. The summed E-state index contributed by atoms with van der Waals surface area (Å²) in [4.78, 5) is 25.6. The monoisotopic (exact) mass is 280 g/mol. The van der Waals surface area contributed by atoms with Crippen molar-refractivity contribution >= 4 is 17.6 Å². The predicted molar refractivity (Wildman–Crippen MR) is 72.6 cm³/mol. The molecule has 2 heterocycles. The van der Waals surface area contributed by atoms with Crippen molar-refractivity contribution in [2.24, 2.45) is 0 Å². The Morgan fingerprint density at radius 1 is 1.40 bits per heavy atom. The van der Waals surface area contributed by atoms with Crippen molar-refractivity contribution in [2.45, 2.75) is 38.8 Å². The van der Waals surface area contributed by atoms with Gasteiger partial charge >= 0.3 is 5.97 Å². The standard InChI is InChI=1S/C13H20N4O3/c1-10(13(19)16-5-3-2-4-6-16)20-12(18)9-17-8-11(14)7-15-17/h7-8,10H,2-6,9,14H2,1H3. The number of aromatic nitrogens is 2. The second-order valence-electron chi connectivity index (χ2n) is 4.99. The predicted octanol–water partition coefficient (Wildman–Crippen LogP) is 0.409. The number of nitrogens with two attached hydrogens (primary N) is 1. The molecule has 0 bridgehead atoms. The molecule has 2 N–H and O–H groups in total. The van der Waals surface area contributed by atoms with E-state index in [4.69, 9.17) is 10.5 Å². The van der Waals surface area contributed by atoms with Crippen LogP contribution in [0.1, 0.15) is 26.2 Å². The second-order valence-corrected chi connectivity index (χ2v) is 4.99. The summed E-state index contributed by atoms with van der Waals surface area (Å²) in [6.07, 6.45) is 5.42. The zero-order valence-corrected chi connectivity index (χ0v) is 11.6. The lowest BCUT2D eigenvalue weighted by Crippen LogP contribution is -2.43. The molecule has 0 radical (unpaired) electrons. The van der Waals surface area contributed by atoms with Gasteiger partial charge in [-0.05, 0) is 26.2 Å². The first-order valence-corrected chi connectivity index (χ1v) is 6.82. The van der Waals surface area contributed by atoms with Crippen LogP contribution in [0.2, 0.25) is 0 Å². The molecule has 1 aromatic heterocycles. The largest absolute Gasteiger partial charge is 0.451 e. The van der Waals surface area contributed by atoms with Gasteiger partial charge in [0.2, 0.25) is 0 Å². The van der Waals surface area contributed by atoms with E-state index in [1.807, 2.05) is 0 Å². The molecule has 0 saturated carbocycles. The van der Waals surface area contributed by atoms with E-state index in [1.165, 1.54) is 10.9 Å². The number of hydrogen-bond donors (Lipinski definition) is 1. The smallest absolute Gasteiger partial charge is 0.328 e. The number of esters is 1. The minimum Gasteiger partial charge on any atom is -0.451 e. The van der Waals surface area contributed by atoms with E-state index in [-0.39, 0.29) is 12.5 Å². The van der Waals surface area contributed by atoms with Crippen LogP contribution in [0.5, 0.6) is 0 Å². The molecule has 110 valence electrons. The molecule has 7 heteroatoms. The molecule has 1 unspecified atom stereocenters. The van der Waals surface area contributed by atoms with E-state index in [1.54, 1.807) is 18.0 Å². The van der Waals surface area contributed by atoms with E-state index in [9.17, 15) is 9.59 Å². The molecule has 20 heavy (non-hydrogen) atoms. The van der Waals surface area contributed by atoms with E-state index >= 15 is 0 Å². The Morgan fingerprint density at radius 2 is 2.10 bits per heavy atom. The Kier molecular flexibility index (Phi) is 4.60. The SMILES string of the molecule is CC(OC(=O)Cn1cc(N)cn1)C(=O)N1CCCCC1. The lowest BCUT2D eigenvalue weighted by Gasteiger charge is -2.28. The van der Waals surface area contributed by atoms with Crippen molar-refractivity contribution in [3.05, 3.63) is 12.4 Å². The lowest BCUT2D eigenvalue weighted by atomic mass is 10.1. The summed E-state index contributed by atoms with van der Waals surface area (Å²) in [5, 5.41) is 3.89.